The molecule has 39 heavy (non-hydrogen) atoms. The van der Waals surface area contributed by atoms with Crippen LogP contribution in [0.4, 0.5) is 0 Å². The number of nitrogens with one attached hydrogen (secondary N) is 1. The van der Waals surface area contributed by atoms with Gasteiger partial charge in [-0.3, -0.25) is 4.79 Å². The number of aromatic amines is 1. The van der Waals surface area contributed by atoms with Crippen molar-refractivity contribution in [1.82, 2.24) is 30.2 Å². The molecule has 0 spiro atoms. The molecule has 0 amide bonds. The van der Waals surface area contributed by atoms with Gasteiger partial charge in [0.15, 0.2) is 5.15 Å². The molecule has 0 aliphatic heterocycles. The molecular weight excluding hydrogens is 514 g/mol. The Morgan fingerprint density at radius 2 is 1.87 bits per heavy atom. The largest absolute Gasteiger partial charge is 0.459 e. The fourth-order valence-corrected chi connectivity index (χ4v) is 5.62. The van der Waals surface area contributed by atoms with E-state index in [-0.39, 0.29) is 12.6 Å². The first kappa shape index (κ1) is 27.0. The number of tetrazole rings is 1. The number of esters is 1. The van der Waals surface area contributed by atoms with Crippen LogP contribution in [0, 0.1) is 5.41 Å². The second kappa shape index (κ2) is 12.1. The molecule has 1 saturated carbocycles. The summed E-state index contributed by atoms with van der Waals surface area (Å²) in [6, 6.07) is 16.3. The van der Waals surface area contributed by atoms with Crippen molar-refractivity contribution in [2.24, 2.45) is 11.1 Å². The molecule has 0 saturated heterocycles. The maximum absolute atomic E-state index is 13.0. The molecule has 1 aliphatic carbocycles. The van der Waals surface area contributed by atoms with Gasteiger partial charge >= 0.3 is 5.97 Å². The molecule has 2 heterocycles. The number of unbranched alkanes of at least 4 members (excludes halogenated alkanes) is 1. The number of benzene rings is 2. The molecule has 3 N–H and O–H groups in total. The highest BCUT2D eigenvalue weighted by Gasteiger charge is 2.41. The number of hydrogen-bond acceptors (Lipinski definition) is 7. The zero-order valence-electron chi connectivity index (χ0n) is 22.2. The summed E-state index contributed by atoms with van der Waals surface area (Å²) in [6.45, 7) is 3.11. The average Bonchev–Trinajstić information content (AvgIpc) is 3.73. The molecule has 0 unspecified atom stereocenters. The minimum Gasteiger partial charge on any atom is -0.459 e. The van der Waals surface area contributed by atoms with Gasteiger partial charge in [-0.2, -0.15) is 5.21 Å². The summed E-state index contributed by atoms with van der Waals surface area (Å²) in [4.78, 5) is 17.7. The SMILES string of the molecule is CCCCc1nc(Cl)c(COC(=O)C2(CN)CCCC2)n1Cc1ccc(-c2ccccc2-c2nn[nH]n2)cc1. The van der Waals surface area contributed by atoms with Crippen molar-refractivity contribution in [2.45, 2.75) is 65.0 Å². The van der Waals surface area contributed by atoms with Crippen LogP contribution in [0.25, 0.3) is 22.5 Å². The van der Waals surface area contributed by atoms with E-state index in [1.54, 1.807) is 0 Å². The lowest BCUT2D eigenvalue weighted by Gasteiger charge is -2.24. The number of carbonyl (C=O) groups is 1. The number of rotatable bonds is 11. The van der Waals surface area contributed by atoms with Gasteiger partial charge in [0.05, 0.1) is 11.1 Å². The van der Waals surface area contributed by atoms with Crippen molar-refractivity contribution in [3.8, 4) is 22.5 Å². The number of imidazole rings is 1. The van der Waals surface area contributed by atoms with Crippen LogP contribution in [-0.4, -0.2) is 42.7 Å². The number of hydrogen-bond donors (Lipinski definition) is 2. The first-order valence-corrected chi connectivity index (χ1v) is 14.0. The maximum Gasteiger partial charge on any atom is 0.313 e. The molecule has 1 fully saturated rings. The van der Waals surface area contributed by atoms with E-state index in [9.17, 15) is 4.79 Å². The van der Waals surface area contributed by atoms with E-state index in [1.165, 1.54) is 0 Å². The van der Waals surface area contributed by atoms with E-state index in [0.29, 0.717) is 29.8 Å². The Bertz CT molecular complexity index is 1390. The number of aryl methyl sites for hydroxylation is 1. The van der Waals surface area contributed by atoms with Crippen LogP contribution in [0.15, 0.2) is 48.5 Å². The zero-order valence-corrected chi connectivity index (χ0v) is 23.0. The van der Waals surface area contributed by atoms with Gasteiger partial charge < -0.3 is 15.0 Å². The predicted octanol–water partition coefficient (Wildman–Crippen LogP) is 5.34. The zero-order chi connectivity index (χ0) is 27.2. The van der Waals surface area contributed by atoms with E-state index in [1.807, 2.05) is 24.3 Å². The Labute approximate surface area is 233 Å². The molecule has 9 nitrogen and oxygen atoms in total. The van der Waals surface area contributed by atoms with Crippen LogP contribution in [0.1, 0.15) is 62.5 Å². The van der Waals surface area contributed by atoms with E-state index in [2.05, 4.69) is 61.4 Å². The van der Waals surface area contributed by atoms with Crippen LogP contribution in [0.2, 0.25) is 5.15 Å². The fourth-order valence-electron chi connectivity index (χ4n) is 5.36. The second-order valence-electron chi connectivity index (χ2n) is 10.2. The van der Waals surface area contributed by atoms with Gasteiger partial charge in [0.1, 0.15) is 12.4 Å². The second-order valence-corrected chi connectivity index (χ2v) is 10.6. The predicted molar refractivity (Wildman–Crippen MR) is 150 cm³/mol. The smallest absolute Gasteiger partial charge is 0.313 e. The number of ether oxygens (including phenoxy) is 1. The average molecular weight is 548 g/mol. The number of carbonyl (C=O) groups excluding carboxylic acids is 1. The lowest BCUT2D eigenvalue weighted by Crippen LogP contribution is -2.37. The minimum atomic E-state index is -0.573. The van der Waals surface area contributed by atoms with E-state index in [0.717, 1.165) is 73.0 Å². The van der Waals surface area contributed by atoms with Gasteiger partial charge in [-0.25, -0.2) is 4.98 Å². The quantitative estimate of drug-likeness (QED) is 0.243. The number of H-pyrrole nitrogens is 1. The van der Waals surface area contributed by atoms with Crippen LogP contribution in [0.5, 0.6) is 0 Å². The van der Waals surface area contributed by atoms with Gasteiger partial charge in [0.2, 0.25) is 5.82 Å². The lowest BCUT2D eigenvalue weighted by molar-refractivity contribution is -0.156. The first-order valence-electron chi connectivity index (χ1n) is 13.6. The highest BCUT2D eigenvalue weighted by molar-refractivity contribution is 6.30. The molecule has 204 valence electrons. The van der Waals surface area contributed by atoms with Crippen LogP contribution >= 0.6 is 11.6 Å². The van der Waals surface area contributed by atoms with Crippen molar-refractivity contribution < 1.29 is 9.53 Å². The Balaban J connectivity index is 1.38. The van der Waals surface area contributed by atoms with Gasteiger partial charge in [0.25, 0.3) is 0 Å². The van der Waals surface area contributed by atoms with Gasteiger partial charge in [-0.05, 0) is 41.2 Å². The fraction of sp³-hybridized carbons (Fsp3) is 0.414. The molecule has 4 aromatic rings. The van der Waals surface area contributed by atoms with Crippen molar-refractivity contribution in [3.05, 3.63) is 70.8 Å². The Morgan fingerprint density at radius 1 is 1.13 bits per heavy atom. The normalized spacial score (nSPS) is 14.5. The molecule has 10 heteroatoms. The van der Waals surface area contributed by atoms with Gasteiger partial charge in [0, 0.05) is 25.1 Å². The maximum atomic E-state index is 13.0. The summed E-state index contributed by atoms with van der Waals surface area (Å²) in [6.07, 6.45) is 6.39. The van der Waals surface area contributed by atoms with Gasteiger partial charge in [-0.15, -0.1) is 10.2 Å². The van der Waals surface area contributed by atoms with Crippen LogP contribution in [0.3, 0.4) is 0 Å². The highest BCUT2D eigenvalue weighted by atomic mass is 35.5. The lowest BCUT2D eigenvalue weighted by atomic mass is 9.86. The van der Waals surface area contributed by atoms with E-state index in [4.69, 9.17) is 22.1 Å². The standard InChI is InChI=1S/C29H34ClN7O2/c1-2-3-10-25-32-26(30)24(18-39-28(38)29(19-31)15-6-7-16-29)37(25)17-20-11-13-21(14-12-20)22-8-4-5-9-23(22)27-33-35-36-34-27/h4-5,8-9,11-14H,2-3,6-7,10,15-19,31H2,1H3,(H,33,34,35,36). The summed E-state index contributed by atoms with van der Waals surface area (Å²) in [5, 5.41) is 14.9. The Hall–Kier alpha value is -3.56. The summed E-state index contributed by atoms with van der Waals surface area (Å²) >= 11 is 6.61. The third kappa shape index (κ3) is 5.74. The van der Waals surface area contributed by atoms with Crippen LogP contribution < -0.4 is 5.73 Å². The highest BCUT2D eigenvalue weighted by Crippen LogP contribution is 2.38. The number of halogens is 1. The molecule has 2 aromatic carbocycles. The van der Waals surface area contributed by atoms with E-state index >= 15 is 0 Å². The molecule has 0 atom stereocenters. The third-order valence-electron chi connectivity index (χ3n) is 7.70. The van der Waals surface area contributed by atoms with Crippen molar-refractivity contribution in [3.63, 3.8) is 0 Å². The first-order chi connectivity index (χ1) is 19.0. The molecular formula is C29H34ClN7O2. The molecule has 0 bridgehead atoms. The topological polar surface area (TPSA) is 125 Å². The molecule has 2 aromatic heterocycles. The number of nitrogens with zero attached hydrogens (tertiary/aromatic N) is 5. The van der Waals surface area contributed by atoms with Crippen molar-refractivity contribution in [2.75, 3.05) is 6.54 Å². The van der Waals surface area contributed by atoms with E-state index < -0.39 is 5.41 Å². The molecule has 1 aliphatic rings. The van der Waals surface area contributed by atoms with Crippen molar-refractivity contribution >= 4 is 17.6 Å². The monoisotopic (exact) mass is 547 g/mol. The summed E-state index contributed by atoms with van der Waals surface area (Å²) in [7, 11) is 0. The molecule has 0 radical (unpaired) electrons. The number of aromatic nitrogens is 6. The molecule has 5 rings (SSSR count). The summed E-state index contributed by atoms with van der Waals surface area (Å²) in [5.74, 6) is 1.22. The Kier molecular flexibility index (Phi) is 8.38. The summed E-state index contributed by atoms with van der Waals surface area (Å²) in [5.41, 5.74) is 10.2. The Morgan fingerprint density at radius 3 is 2.54 bits per heavy atom. The van der Waals surface area contributed by atoms with Crippen molar-refractivity contribution in [1.29, 1.82) is 0 Å². The van der Waals surface area contributed by atoms with Crippen LogP contribution in [-0.2, 0) is 29.1 Å². The van der Waals surface area contributed by atoms with Gasteiger partial charge in [-0.1, -0.05) is 86.3 Å². The summed E-state index contributed by atoms with van der Waals surface area (Å²) < 4.78 is 7.92. The number of nitrogens with two attached hydrogens (primary N) is 1. The third-order valence-corrected chi connectivity index (χ3v) is 8.00. The minimum absolute atomic E-state index is 0.0781.